The zero-order valence-corrected chi connectivity index (χ0v) is 15.9. The molecule has 2 fully saturated rings. The Balaban J connectivity index is 1.50. The largest absolute Gasteiger partial charge is 0.416 e. The number of ketones is 1. The molecular weight excluding hydrogens is 363 g/mol. The average Bonchev–Trinajstić information content (AvgIpc) is 2.88. The van der Waals surface area contributed by atoms with Gasteiger partial charge in [0.2, 0.25) is 0 Å². The third-order valence-electron chi connectivity index (χ3n) is 6.15. The second-order valence-electron chi connectivity index (χ2n) is 8.16. The van der Waals surface area contributed by atoms with Crippen LogP contribution in [0.25, 0.3) is 0 Å². The van der Waals surface area contributed by atoms with Crippen molar-refractivity contribution >= 4 is 5.78 Å². The van der Waals surface area contributed by atoms with Crippen molar-refractivity contribution in [2.24, 2.45) is 5.92 Å². The Morgan fingerprint density at radius 3 is 2.29 bits per heavy atom. The molecule has 4 rings (SSSR count). The molecule has 2 unspecified atom stereocenters. The van der Waals surface area contributed by atoms with E-state index in [-0.39, 0.29) is 17.3 Å². The normalized spacial score (nSPS) is 25.1. The van der Waals surface area contributed by atoms with Crippen LogP contribution < -0.4 is 0 Å². The molecule has 0 amide bonds. The number of fused-ring (bicyclic) bond motifs is 2. The second-order valence-corrected chi connectivity index (χ2v) is 8.16. The van der Waals surface area contributed by atoms with E-state index in [4.69, 9.17) is 0 Å². The van der Waals surface area contributed by atoms with E-state index >= 15 is 0 Å². The quantitative estimate of drug-likeness (QED) is 0.633. The van der Waals surface area contributed by atoms with Crippen molar-refractivity contribution < 1.29 is 18.0 Å². The molecule has 148 valence electrons. The number of hydrogen-bond donors (Lipinski definition) is 0. The summed E-state index contributed by atoms with van der Waals surface area (Å²) in [7, 11) is 0. The van der Waals surface area contributed by atoms with Crippen molar-refractivity contribution in [2.45, 2.75) is 57.4 Å². The minimum atomic E-state index is -4.43. The number of carbonyl (C=O) groups excluding carboxylic acids is 1. The summed E-state index contributed by atoms with van der Waals surface area (Å²) >= 11 is 0. The molecule has 0 N–H and O–H groups in total. The molecule has 2 bridgehead atoms. The van der Waals surface area contributed by atoms with Crippen molar-refractivity contribution in [3.63, 3.8) is 0 Å². The van der Waals surface area contributed by atoms with Gasteiger partial charge in [0, 0.05) is 30.1 Å². The van der Waals surface area contributed by atoms with Crippen LogP contribution in [0.5, 0.6) is 0 Å². The first-order valence-corrected chi connectivity index (χ1v) is 9.84. The highest BCUT2D eigenvalue weighted by Gasteiger charge is 2.43. The number of piperidine rings is 1. The van der Waals surface area contributed by atoms with E-state index in [1.165, 1.54) is 5.56 Å². The van der Waals surface area contributed by atoms with E-state index in [1.54, 1.807) is 13.0 Å². The molecule has 0 spiro atoms. The Bertz CT molecular complexity index is 848. The summed E-state index contributed by atoms with van der Waals surface area (Å²) in [6.07, 6.45) is -0.847. The van der Waals surface area contributed by atoms with Crippen molar-refractivity contribution in [3.05, 3.63) is 70.8 Å². The van der Waals surface area contributed by atoms with Crippen LogP contribution in [0.3, 0.4) is 0 Å². The van der Waals surface area contributed by atoms with Crippen LogP contribution in [-0.2, 0) is 12.7 Å². The van der Waals surface area contributed by atoms with Gasteiger partial charge < -0.3 is 0 Å². The van der Waals surface area contributed by atoms with Gasteiger partial charge in [-0.1, -0.05) is 30.3 Å². The smallest absolute Gasteiger partial charge is 0.294 e. The Morgan fingerprint density at radius 1 is 1.04 bits per heavy atom. The minimum Gasteiger partial charge on any atom is -0.294 e. The monoisotopic (exact) mass is 387 g/mol. The number of Topliss-reactive ketones (excluding diaryl/α,β-unsaturated/α-hetero) is 1. The van der Waals surface area contributed by atoms with E-state index in [9.17, 15) is 18.0 Å². The summed E-state index contributed by atoms with van der Waals surface area (Å²) in [4.78, 5) is 15.5. The Morgan fingerprint density at radius 2 is 1.68 bits per heavy atom. The molecule has 2 heterocycles. The van der Waals surface area contributed by atoms with Crippen molar-refractivity contribution in [1.29, 1.82) is 0 Å². The van der Waals surface area contributed by atoms with Crippen LogP contribution in [0, 0.1) is 12.8 Å². The van der Waals surface area contributed by atoms with Gasteiger partial charge in [0.25, 0.3) is 0 Å². The van der Waals surface area contributed by atoms with Gasteiger partial charge in [-0.15, -0.1) is 0 Å². The third-order valence-corrected chi connectivity index (χ3v) is 6.15. The summed E-state index contributed by atoms with van der Waals surface area (Å²) in [6, 6.07) is 14.7. The molecule has 2 aromatic carbocycles. The van der Waals surface area contributed by atoms with Gasteiger partial charge in [-0.3, -0.25) is 9.69 Å². The summed E-state index contributed by atoms with van der Waals surface area (Å²) in [6.45, 7) is 2.48. The van der Waals surface area contributed by atoms with Gasteiger partial charge in [0.15, 0.2) is 5.78 Å². The van der Waals surface area contributed by atoms with E-state index < -0.39 is 11.7 Å². The van der Waals surface area contributed by atoms with Crippen molar-refractivity contribution in [1.82, 2.24) is 4.90 Å². The number of halogens is 3. The first-order valence-electron chi connectivity index (χ1n) is 9.84. The molecule has 0 radical (unpaired) electrons. The molecule has 0 aliphatic carbocycles. The lowest BCUT2D eigenvalue weighted by molar-refractivity contribution is -0.137. The number of hydrogen-bond acceptors (Lipinski definition) is 2. The van der Waals surface area contributed by atoms with Crippen LogP contribution in [0.1, 0.15) is 52.7 Å². The molecule has 28 heavy (non-hydrogen) atoms. The number of carbonyl (C=O) groups is 1. The van der Waals surface area contributed by atoms with Crippen molar-refractivity contribution in [2.75, 3.05) is 0 Å². The minimum absolute atomic E-state index is 0.134. The van der Waals surface area contributed by atoms with Crippen LogP contribution >= 0.6 is 0 Å². The molecule has 2 aromatic rings. The zero-order chi connectivity index (χ0) is 19.9. The molecule has 0 saturated carbocycles. The van der Waals surface area contributed by atoms with Gasteiger partial charge in [0.1, 0.15) is 0 Å². The summed E-state index contributed by atoms with van der Waals surface area (Å²) < 4.78 is 39.4. The Kier molecular flexibility index (Phi) is 5.04. The number of alkyl halides is 3. The lowest BCUT2D eigenvalue weighted by atomic mass is 9.84. The van der Waals surface area contributed by atoms with Crippen LogP contribution in [0.4, 0.5) is 13.2 Å². The lowest BCUT2D eigenvalue weighted by Crippen LogP contribution is -2.44. The molecule has 2 aliphatic heterocycles. The Labute approximate surface area is 163 Å². The number of benzene rings is 2. The predicted molar refractivity (Wildman–Crippen MR) is 102 cm³/mol. The van der Waals surface area contributed by atoms with Gasteiger partial charge in [-0.05, 0) is 61.9 Å². The zero-order valence-electron chi connectivity index (χ0n) is 15.9. The summed E-state index contributed by atoms with van der Waals surface area (Å²) in [5.41, 5.74) is 1.20. The highest BCUT2D eigenvalue weighted by atomic mass is 19.4. The maximum Gasteiger partial charge on any atom is 0.416 e. The molecule has 2 saturated heterocycles. The third kappa shape index (κ3) is 3.86. The van der Waals surface area contributed by atoms with Gasteiger partial charge in [-0.2, -0.15) is 13.2 Å². The molecular formula is C23H24F3NO. The highest BCUT2D eigenvalue weighted by Crippen LogP contribution is 2.41. The first kappa shape index (κ1) is 19.2. The fourth-order valence-electron chi connectivity index (χ4n) is 4.87. The average molecular weight is 387 g/mol. The van der Waals surface area contributed by atoms with Crippen LogP contribution in [-0.4, -0.2) is 22.8 Å². The number of aryl methyl sites for hydroxylation is 1. The van der Waals surface area contributed by atoms with E-state index in [2.05, 4.69) is 17.0 Å². The number of rotatable bonds is 4. The topological polar surface area (TPSA) is 20.3 Å². The van der Waals surface area contributed by atoms with E-state index in [1.807, 2.05) is 18.2 Å². The van der Waals surface area contributed by atoms with Gasteiger partial charge in [-0.25, -0.2) is 0 Å². The first-order chi connectivity index (χ1) is 13.3. The molecule has 0 aromatic heterocycles. The Hall–Kier alpha value is -2.14. The highest BCUT2D eigenvalue weighted by molar-refractivity contribution is 5.98. The maximum absolute atomic E-state index is 13.1. The standard InChI is InChI=1S/C23H24F3NO/c1-15-9-17(11-19(10-15)23(24,25)26)22(28)18-12-20-7-8-21(13-18)27(20)14-16-5-3-2-4-6-16/h2-6,9-11,18,20-21H,7-8,12-14H2,1H3. The fraction of sp³-hybridized carbons (Fsp3) is 0.435. The van der Waals surface area contributed by atoms with Crippen molar-refractivity contribution in [3.8, 4) is 0 Å². The second kappa shape index (κ2) is 7.36. The maximum atomic E-state index is 13.1. The fourth-order valence-corrected chi connectivity index (χ4v) is 4.87. The van der Waals surface area contributed by atoms with Gasteiger partial charge in [0.05, 0.1) is 5.56 Å². The number of nitrogens with zero attached hydrogens (tertiary/aromatic N) is 1. The van der Waals surface area contributed by atoms with E-state index in [0.717, 1.165) is 44.4 Å². The van der Waals surface area contributed by atoms with Crippen LogP contribution in [0.2, 0.25) is 0 Å². The summed E-state index contributed by atoms with van der Waals surface area (Å²) in [5.74, 6) is -0.321. The van der Waals surface area contributed by atoms with Crippen LogP contribution in [0.15, 0.2) is 48.5 Å². The van der Waals surface area contributed by atoms with Gasteiger partial charge >= 0.3 is 6.18 Å². The SMILES string of the molecule is Cc1cc(C(=O)C2CC3CCC(C2)N3Cc2ccccc2)cc(C(F)(F)F)c1. The molecule has 2 nitrogen and oxygen atoms in total. The van der Waals surface area contributed by atoms with E-state index in [0.29, 0.717) is 17.6 Å². The predicted octanol–water partition coefficient (Wildman–Crippen LogP) is 5.64. The molecule has 2 aliphatic rings. The molecule has 5 heteroatoms. The molecule has 2 atom stereocenters. The summed E-state index contributed by atoms with van der Waals surface area (Å²) in [5, 5.41) is 0. The lowest BCUT2D eigenvalue weighted by Gasteiger charge is -2.38.